The fraction of sp³-hybridized carbons (Fsp3) is 0.500. The number of rotatable bonds is 6. The minimum Gasteiger partial charge on any atom is -0.329 e. The molecule has 6 rings (SSSR count). The summed E-state index contributed by atoms with van der Waals surface area (Å²) in [5, 5.41) is 15.0. The molecule has 2 fully saturated rings. The molecule has 8 nitrogen and oxygen atoms in total. The molecule has 0 aromatic carbocycles. The van der Waals surface area contributed by atoms with E-state index in [1.165, 1.54) is 48.3 Å². The molecule has 3 N–H and O–H groups in total. The van der Waals surface area contributed by atoms with Gasteiger partial charge in [0.2, 0.25) is 11.9 Å². The van der Waals surface area contributed by atoms with Crippen LogP contribution in [-0.2, 0) is 17.6 Å². The second-order valence-corrected chi connectivity index (χ2v) is 11.1. The predicted molar refractivity (Wildman–Crippen MR) is 135 cm³/mol. The zero-order valence-electron chi connectivity index (χ0n) is 18.9. The highest BCUT2D eigenvalue weighted by molar-refractivity contribution is 7.20. The summed E-state index contributed by atoms with van der Waals surface area (Å²) in [6, 6.07) is 5.45. The Kier molecular flexibility index (Phi) is 5.90. The van der Waals surface area contributed by atoms with E-state index in [1.807, 2.05) is 11.0 Å². The van der Waals surface area contributed by atoms with E-state index in [2.05, 4.69) is 26.9 Å². The molecular formula is C24H28ClN7OS. The summed E-state index contributed by atoms with van der Waals surface area (Å²) in [6.45, 7) is 0.760. The number of aryl methyl sites for hydroxylation is 1. The highest BCUT2D eigenvalue weighted by Gasteiger charge is 2.34. The Morgan fingerprint density at radius 3 is 2.82 bits per heavy atom. The Bertz CT molecular complexity index is 1200. The molecule has 3 aromatic rings. The number of nitrogens with zero attached hydrogens (tertiary/aromatic N) is 4. The van der Waals surface area contributed by atoms with Gasteiger partial charge in [-0.15, -0.1) is 11.3 Å². The van der Waals surface area contributed by atoms with Crippen LogP contribution in [0.3, 0.4) is 0 Å². The number of hydrogen-bond donors (Lipinski definition) is 3. The Morgan fingerprint density at radius 1 is 1.12 bits per heavy atom. The quantitative estimate of drug-likeness (QED) is 0.421. The van der Waals surface area contributed by atoms with Crippen molar-refractivity contribution < 1.29 is 4.79 Å². The van der Waals surface area contributed by atoms with E-state index < -0.39 is 0 Å². The van der Waals surface area contributed by atoms with E-state index >= 15 is 0 Å². The van der Waals surface area contributed by atoms with Crippen LogP contribution in [0.15, 0.2) is 18.2 Å². The Morgan fingerprint density at radius 2 is 2.00 bits per heavy atom. The Balaban J connectivity index is 1.25. The second kappa shape index (κ2) is 9.19. The molecule has 1 atom stereocenters. The van der Waals surface area contributed by atoms with Crippen LogP contribution in [-0.4, -0.2) is 38.7 Å². The van der Waals surface area contributed by atoms with Crippen molar-refractivity contribution in [3.05, 3.63) is 39.5 Å². The maximum absolute atomic E-state index is 13.1. The lowest BCUT2D eigenvalue weighted by molar-refractivity contribution is -0.117. The van der Waals surface area contributed by atoms with E-state index in [-0.39, 0.29) is 11.9 Å². The van der Waals surface area contributed by atoms with Crippen LogP contribution in [0.25, 0.3) is 0 Å². The number of thiophene rings is 1. The minimum absolute atomic E-state index is 0.0388. The Hall–Kier alpha value is -2.65. The summed E-state index contributed by atoms with van der Waals surface area (Å²) in [7, 11) is 0. The van der Waals surface area contributed by atoms with E-state index in [0.29, 0.717) is 16.2 Å². The van der Waals surface area contributed by atoms with Crippen molar-refractivity contribution >= 4 is 51.4 Å². The SMILES string of the molecule is O=C(Nc1ccc(Cl)s1)C1CCCN1c1nc2c(c(Nc3cc(C4CCCC4)[nH]n3)n1)CCC2. The van der Waals surface area contributed by atoms with Crippen molar-refractivity contribution in [1.82, 2.24) is 20.2 Å². The van der Waals surface area contributed by atoms with Gasteiger partial charge >= 0.3 is 0 Å². The number of carbonyl (C=O) groups is 1. The van der Waals surface area contributed by atoms with Gasteiger partial charge in [0.05, 0.1) is 15.0 Å². The molecule has 2 aliphatic carbocycles. The van der Waals surface area contributed by atoms with Crippen LogP contribution in [0.1, 0.15) is 67.8 Å². The number of amides is 1. The molecule has 1 amide bonds. The van der Waals surface area contributed by atoms with Crippen molar-refractivity contribution in [2.24, 2.45) is 0 Å². The molecule has 1 saturated heterocycles. The zero-order chi connectivity index (χ0) is 23.1. The number of nitrogens with one attached hydrogen (secondary N) is 3. The molecule has 0 radical (unpaired) electrons. The fourth-order valence-corrected chi connectivity index (χ4v) is 6.43. The highest BCUT2D eigenvalue weighted by Crippen LogP contribution is 2.36. The number of halogens is 1. The first kappa shape index (κ1) is 21.9. The summed E-state index contributed by atoms with van der Waals surface area (Å²) >= 11 is 7.39. The van der Waals surface area contributed by atoms with Gasteiger partial charge in [-0.25, -0.2) is 4.98 Å². The van der Waals surface area contributed by atoms with Gasteiger partial charge in [-0.3, -0.25) is 9.89 Å². The fourth-order valence-electron chi connectivity index (χ4n) is 5.48. The van der Waals surface area contributed by atoms with E-state index in [9.17, 15) is 4.79 Å². The maximum atomic E-state index is 13.1. The molecule has 1 aliphatic heterocycles. The lowest BCUT2D eigenvalue weighted by atomic mass is 10.0. The number of hydrogen-bond acceptors (Lipinski definition) is 7. The second-order valence-electron chi connectivity index (χ2n) is 9.41. The van der Waals surface area contributed by atoms with E-state index in [1.54, 1.807) is 6.07 Å². The molecule has 34 heavy (non-hydrogen) atoms. The number of carbonyl (C=O) groups excluding carboxylic acids is 1. The first-order chi connectivity index (χ1) is 16.6. The molecule has 3 aliphatic rings. The van der Waals surface area contributed by atoms with E-state index in [0.717, 1.165) is 61.0 Å². The van der Waals surface area contributed by atoms with Gasteiger partial charge in [0.25, 0.3) is 0 Å². The van der Waals surface area contributed by atoms with Gasteiger partial charge < -0.3 is 15.5 Å². The molecule has 10 heteroatoms. The van der Waals surface area contributed by atoms with Gasteiger partial charge in [-0.1, -0.05) is 24.4 Å². The van der Waals surface area contributed by atoms with Crippen molar-refractivity contribution in [2.75, 3.05) is 22.1 Å². The zero-order valence-corrected chi connectivity index (χ0v) is 20.5. The number of aromatic amines is 1. The summed E-state index contributed by atoms with van der Waals surface area (Å²) in [4.78, 5) is 24.9. The third-order valence-electron chi connectivity index (χ3n) is 7.19. The van der Waals surface area contributed by atoms with Crippen LogP contribution in [0, 0.1) is 0 Å². The average molecular weight is 498 g/mol. The van der Waals surface area contributed by atoms with Crippen molar-refractivity contribution in [3.63, 3.8) is 0 Å². The summed E-state index contributed by atoms with van der Waals surface area (Å²) < 4.78 is 0.658. The van der Waals surface area contributed by atoms with Gasteiger partial charge in [-0.2, -0.15) is 10.1 Å². The van der Waals surface area contributed by atoms with Crippen LogP contribution in [0.4, 0.5) is 22.6 Å². The normalized spacial score (nSPS) is 20.1. The minimum atomic E-state index is -0.299. The molecule has 0 spiro atoms. The Labute approximate surface area is 207 Å². The smallest absolute Gasteiger partial charge is 0.247 e. The topological polar surface area (TPSA) is 98.8 Å². The number of aromatic nitrogens is 4. The highest BCUT2D eigenvalue weighted by atomic mass is 35.5. The molecule has 1 saturated carbocycles. The molecule has 4 heterocycles. The number of fused-ring (bicyclic) bond motifs is 1. The average Bonchev–Trinajstić information content (AvgIpc) is 3.64. The van der Waals surface area contributed by atoms with Crippen molar-refractivity contribution in [3.8, 4) is 0 Å². The third-order valence-corrected chi connectivity index (χ3v) is 8.34. The molecule has 0 bridgehead atoms. The van der Waals surface area contributed by atoms with Crippen LogP contribution in [0.2, 0.25) is 4.34 Å². The lowest BCUT2D eigenvalue weighted by Crippen LogP contribution is -2.40. The number of anilines is 4. The number of H-pyrrole nitrogens is 1. The van der Waals surface area contributed by atoms with Gasteiger partial charge in [0, 0.05) is 29.8 Å². The summed E-state index contributed by atoms with van der Waals surface area (Å²) in [5.41, 5.74) is 3.45. The van der Waals surface area contributed by atoms with Crippen molar-refractivity contribution in [2.45, 2.75) is 69.7 Å². The lowest BCUT2D eigenvalue weighted by Gasteiger charge is -2.25. The summed E-state index contributed by atoms with van der Waals surface area (Å²) in [5.74, 6) is 2.78. The third kappa shape index (κ3) is 4.27. The van der Waals surface area contributed by atoms with E-state index in [4.69, 9.17) is 21.6 Å². The summed E-state index contributed by atoms with van der Waals surface area (Å²) in [6.07, 6.45) is 9.70. The van der Waals surface area contributed by atoms with Gasteiger partial charge in [-0.05, 0) is 57.1 Å². The van der Waals surface area contributed by atoms with Crippen molar-refractivity contribution in [1.29, 1.82) is 0 Å². The standard InChI is InChI=1S/C24H28ClN7OS/c25-19-10-11-21(34-19)28-23(33)18-9-4-12-32(18)24-26-16-8-3-7-15(16)22(29-24)27-20-13-17(30-31-20)14-5-1-2-6-14/h10-11,13-14,18H,1-9,12H2,(H,28,33)(H2,26,27,29,30,31). The van der Waals surface area contributed by atoms with Crippen LogP contribution < -0.4 is 15.5 Å². The van der Waals surface area contributed by atoms with Crippen LogP contribution >= 0.6 is 22.9 Å². The monoisotopic (exact) mass is 497 g/mol. The largest absolute Gasteiger partial charge is 0.329 e. The van der Waals surface area contributed by atoms with Gasteiger partial charge in [0.1, 0.15) is 11.9 Å². The molecule has 178 valence electrons. The van der Waals surface area contributed by atoms with Gasteiger partial charge in [0.15, 0.2) is 5.82 Å². The first-order valence-corrected chi connectivity index (χ1v) is 13.4. The molecular weight excluding hydrogens is 470 g/mol. The first-order valence-electron chi connectivity index (χ1n) is 12.2. The van der Waals surface area contributed by atoms with Crippen LogP contribution in [0.5, 0.6) is 0 Å². The molecule has 3 aromatic heterocycles. The maximum Gasteiger partial charge on any atom is 0.247 e. The predicted octanol–water partition coefficient (Wildman–Crippen LogP) is 5.41. The molecule has 1 unspecified atom stereocenters.